The summed E-state index contributed by atoms with van der Waals surface area (Å²) in [6.45, 7) is 6.08. The van der Waals surface area contributed by atoms with E-state index in [1.807, 2.05) is 0 Å². The molecule has 1 saturated heterocycles. The maximum absolute atomic E-state index is 3.62. The van der Waals surface area contributed by atoms with Crippen LogP contribution >= 0.6 is 0 Å². The van der Waals surface area contributed by atoms with E-state index in [9.17, 15) is 0 Å². The Bertz CT molecular complexity index is 185. The maximum atomic E-state index is 3.62. The van der Waals surface area contributed by atoms with Gasteiger partial charge in [0.25, 0.3) is 0 Å². The molecule has 0 spiro atoms. The summed E-state index contributed by atoms with van der Waals surface area (Å²) >= 11 is 0. The molecule has 1 heterocycles. The Labute approximate surface area is 101 Å². The van der Waals surface area contributed by atoms with Crippen LogP contribution in [0.5, 0.6) is 0 Å². The van der Waals surface area contributed by atoms with Crippen molar-refractivity contribution in [2.24, 2.45) is 0 Å². The van der Waals surface area contributed by atoms with E-state index >= 15 is 0 Å². The fraction of sp³-hybridized carbons (Fsp3) is 1.00. The van der Waals surface area contributed by atoms with Crippen LogP contribution in [0.3, 0.4) is 0 Å². The largest absolute Gasteiger partial charge is 0.311 e. The molecule has 0 aromatic carbocycles. The minimum Gasteiger partial charge on any atom is -0.311 e. The van der Waals surface area contributed by atoms with Crippen molar-refractivity contribution in [2.45, 2.75) is 70.4 Å². The first kappa shape index (κ1) is 12.4. The highest BCUT2D eigenvalue weighted by Crippen LogP contribution is 2.22. The molecule has 0 radical (unpaired) electrons. The molecule has 2 rings (SSSR count). The number of nitrogens with zero attached hydrogens (tertiary/aromatic N) is 1. The van der Waals surface area contributed by atoms with E-state index in [1.54, 1.807) is 0 Å². The van der Waals surface area contributed by atoms with Crippen LogP contribution in [0.2, 0.25) is 0 Å². The Morgan fingerprint density at radius 3 is 2.44 bits per heavy atom. The second-order valence-electron chi connectivity index (χ2n) is 5.55. The second kappa shape index (κ2) is 6.61. The number of hydrogen-bond acceptors (Lipinski definition) is 2. The number of piperazine rings is 1. The maximum Gasteiger partial charge on any atom is 0.0193 e. The topological polar surface area (TPSA) is 15.3 Å². The zero-order chi connectivity index (χ0) is 11.2. The highest BCUT2D eigenvalue weighted by molar-refractivity contribution is 4.83. The van der Waals surface area contributed by atoms with Gasteiger partial charge in [0, 0.05) is 31.7 Å². The molecular weight excluding hydrogens is 196 g/mol. The Balaban J connectivity index is 1.83. The van der Waals surface area contributed by atoms with Gasteiger partial charge in [0.1, 0.15) is 0 Å². The molecule has 94 valence electrons. The molecule has 1 aliphatic carbocycles. The number of nitrogens with one attached hydrogen (secondary N) is 1. The van der Waals surface area contributed by atoms with Gasteiger partial charge in [-0.05, 0) is 19.3 Å². The quantitative estimate of drug-likeness (QED) is 0.776. The minimum atomic E-state index is 0.749. The molecule has 1 aliphatic heterocycles. The van der Waals surface area contributed by atoms with Crippen molar-refractivity contribution in [2.75, 3.05) is 19.6 Å². The highest BCUT2D eigenvalue weighted by atomic mass is 15.2. The van der Waals surface area contributed by atoms with Gasteiger partial charge in [-0.15, -0.1) is 0 Å². The van der Waals surface area contributed by atoms with Crippen molar-refractivity contribution in [3.63, 3.8) is 0 Å². The molecule has 0 amide bonds. The Hall–Kier alpha value is -0.0800. The molecule has 1 unspecified atom stereocenters. The molecule has 1 atom stereocenters. The summed E-state index contributed by atoms with van der Waals surface area (Å²) in [7, 11) is 0. The molecule has 2 aliphatic rings. The molecule has 2 fully saturated rings. The third kappa shape index (κ3) is 3.46. The zero-order valence-electron chi connectivity index (χ0n) is 10.9. The lowest BCUT2D eigenvalue weighted by molar-refractivity contribution is 0.121. The average Bonchev–Trinajstić information content (AvgIpc) is 2.29. The molecule has 16 heavy (non-hydrogen) atoms. The van der Waals surface area contributed by atoms with Crippen molar-refractivity contribution in [3.8, 4) is 0 Å². The van der Waals surface area contributed by atoms with Crippen LogP contribution in [0.15, 0.2) is 0 Å². The molecular formula is C14H28N2. The predicted molar refractivity (Wildman–Crippen MR) is 69.8 cm³/mol. The van der Waals surface area contributed by atoms with Crippen molar-refractivity contribution < 1.29 is 0 Å². The van der Waals surface area contributed by atoms with E-state index in [1.165, 1.54) is 71.0 Å². The molecule has 1 N–H and O–H groups in total. The van der Waals surface area contributed by atoms with E-state index in [4.69, 9.17) is 0 Å². The smallest absolute Gasteiger partial charge is 0.0193 e. The van der Waals surface area contributed by atoms with Gasteiger partial charge in [0.15, 0.2) is 0 Å². The van der Waals surface area contributed by atoms with Gasteiger partial charge < -0.3 is 5.32 Å². The van der Waals surface area contributed by atoms with Gasteiger partial charge in [0.2, 0.25) is 0 Å². The monoisotopic (exact) mass is 224 g/mol. The van der Waals surface area contributed by atoms with Gasteiger partial charge in [-0.3, -0.25) is 4.90 Å². The Morgan fingerprint density at radius 1 is 1.06 bits per heavy atom. The summed E-state index contributed by atoms with van der Waals surface area (Å²) in [5.74, 6) is 0. The highest BCUT2D eigenvalue weighted by Gasteiger charge is 2.24. The number of hydrogen-bond donors (Lipinski definition) is 1. The molecule has 2 nitrogen and oxygen atoms in total. The van der Waals surface area contributed by atoms with Gasteiger partial charge >= 0.3 is 0 Å². The molecule has 0 aromatic rings. The standard InChI is InChI=1S/C14H28N2/c1-2-13-12-16(11-10-15-13)14-8-6-4-3-5-7-9-14/h13-15H,2-12H2,1H3. The van der Waals surface area contributed by atoms with Crippen LogP contribution in [0.25, 0.3) is 0 Å². The van der Waals surface area contributed by atoms with Gasteiger partial charge in [-0.1, -0.05) is 39.0 Å². The summed E-state index contributed by atoms with van der Waals surface area (Å²) in [4.78, 5) is 2.77. The van der Waals surface area contributed by atoms with Crippen LogP contribution < -0.4 is 5.32 Å². The van der Waals surface area contributed by atoms with Crippen molar-refractivity contribution in [3.05, 3.63) is 0 Å². The summed E-state index contributed by atoms with van der Waals surface area (Å²) in [6, 6.07) is 1.65. The average molecular weight is 224 g/mol. The SMILES string of the molecule is CCC1CN(C2CCCCCCC2)CCN1. The van der Waals surface area contributed by atoms with E-state index < -0.39 is 0 Å². The van der Waals surface area contributed by atoms with E-state index in [-0.39, 0.29) is 0 Å². The summed E-state index contributed by atoms with van der Waals surface area (Å²) in [5.41, 5.74) is 0. The first-order chi connectivity index (χ1) is 7.90. The second-order valence-corrected chi connectivity index (χ2v) is 5.55. The lowest BCUT2D eigenvalue weighted by atomic mass is 9.94. The Kier molecular flexibility index (Phi) is 5.11. The predicted octanol–water partition coefficient (Wildman–Crippen LogP) is 2.78. The molecule has 0 bridgehead atoms. The first-order valence-corrected chi connectivity index (χ1v) is 7.37. The van der Waals surface area contributed by atoms with E-state index in [0.29, 0.717) is 0 Å². The van der Waals surface area contributed by atoms with Crippen LogP contribution in [0.1, 0.15) is 58.3 Å². The lowest BCUT2D eigenvalue weighted by Crippen LogP contribution is -2.53. The molecule has 2 heteroatoms. The van der Waals surface area contributed by atoms with Crippen LogP contribution in [-0.4, -0.2) is 36.6 Å². The number of rotatable bonds is 2. The summed E-state index contributed by atoms with van der Waals surface area (Å²) < 4.78 is 0. The van der Waals surface area contributed by atoms with E-state index in [2.05, 4.69) is 17.1 Å². The normalized spacial score (nSPS) is 30.9. The molecule has 1 saturated carbocycles. The third-order valence-corrected chi connectivity index (χ3v) is 4.37. The first-order valence-electron chi connectivity index (χ1n) is 7.37. The minimum absolute atomic E-state index is 0.749. The summed E-state index contributed by atoms with van der Waals surface area (Å²) in [6.07, 6.45) is 11.5. The van der Waals surface area contributed by atoms with Crippen LogP contribution in [0.4, 0.5) is 0 Å². The van der Waals surface area contributed by atoms with Crippen molar-refractivity contribution in [1.82, 2.24) is 10.2 Å². The van der Waals surface area contributed by atoms with Crippen LogP contribution in [0, 0.1) is 0 Å². The summed E-state index contributed by atoms with van der Waals surface area (Å²) in [5, 5.41) is 3.62. The van der Waals surface area contributed by atoms with Crippen LogP contribution in [-0.2, 0) is 0 Å². The van der Waals surface area contributed by atoms with E-state index in [0.717, 1.165) is 12.1 Å². The van der Waals surface area contributed by atoms with Gasteiger partial charge in [-0.2, -0.15) is 0 Å². The fourth-order valence-corrected chi connectivity index (χ4v) is 3.26. The van der Waals surface area contributed by atoms with Gasteiger partial charge in [0.05, 0.1) is 0 Å². The fourth-order valence-electron chi connectivity index (χ4n) is 3.26. The van der Waals surface area contributed by atoms with Crippen molar-refractivity contribution in [1.29, 1.82) is 0 Å². The third-order valence-electron chi connectivity index (χ3n) is 4.37. The van der Waals surface area contributed by atoms with Gasteiger partial charge in [-0.25, -0.2) is 0 Å². The zero-order valence-corrected chi connectivity index (χ0v) is 10.9. The lowest BCUT2D eigenvalue weighted by Gasteiger charge is -2.39. The Morgan fingerprint density at radius 2 is 1.75 bits per heavy atom. The van der Waals surface area contributed by atoms with Crippen molar-refractivity contribution >= 4 is 0 Å². The molecule has 0 aromatic heterocycles.